The molecule has 2 aliphatic rings. The number of rotatable bonds is 4. The lowest BCUT2D eigenvalue weighted by atomic mass is 10.1. The van der Waals surface area contributed by atoms with E-state index in [9.17, 15) is 27.6 Å². The van der Waals surface area contributed by atoms with E-state index in [1.54, 1.807) is 4.90 Å². The summed E-state index contributed by atoms with van der Waals surface area (Å²) in [6, 6.07) is 4.21. The molecule has 0 saturated carbocycles. The smallest absolute Gasteiger partial charge is 0.336 e. The summed E-state index contributed by atoms with van der Waals surface area (Å²) in [5.74, 6) is -0.583. The van der Waals surface area contributed by atoms with Crippen molar-refractivity contribution in [1.29, 1.82) is 0 Å². The maximum Gasteiger partial charge on any atom is 0.416 e. The number of carbonyl (C=O) groups is 3. The summed E-state index contributed by atoms with van der Waals surface area (Å²) in [5.41, 5.74) is -0.556. The molecule has 2 heterocycles. The number of carbonyl (C=O) groups excluding carboxylic acids is 3. The minimum atomic E-state index is -4.43. The first kappa shape index (κ1) is 19.3. The van der Waals surface area contributed by atoms with Crippen LogP contribution in [-0.4, -0.2) is 71.7 Å². The first-order chi connectivity index (χ1) is 12.8. The van der Waals surface area contributed by atoms with Gasteiger partial charge in [0.25, 0.3) is 5.91 Å². The lowest BCUT2D eigenvalue weighted by molar-refractivity contribution is -0.139. The fourth-order valence-corrected chi connectivity index (χ4v) is 3.27. The minimum absolute atomic E-state index is 0.142. The molecule has 3 rings (SSSR count). The van der Waals surface area contributed by atoms with Gasteiger partial charge in [0, 0.05) is 57.7 Å². The standard InChI is InChI=1S/C18H20F3N3O3/c19-18(20,21)14-3-1-13(2-4-14)17(27)23-10-7-22(8-11-23)9-12-24-15(25)5-6-16(24)26/h1-4H,5-12H2. The number of benzene rings is 1. The van der Waals surface area contributed by atoms with E-state index in [0.29, 0.717) is 39.3 Å². The number of nitrogens with zero attached hydrogens (tertiary/aromatic N) is 3. The summed E-state index contributed by atoms with van der Waals surface area (Å²) in [7, 11) is 0. The molecule has 6 nitrogen and oxygen atoms in total. The number of hydrogen-bond acceptors (Lipinski definition) is 4. The van der Waals surface area contributed by atoms with Crippen LogP contribution in [0.25, 0.3) is 0 Å². The van der Waals surface area contributed by atoms with Crippen LogP contribution in [0.15, 0.2) is 24.3 Å². The van der Waals surface area contributed by atoms with E-state index in [4.69, 9.17) is 0 Å². The van der Waals surface area contributed by atoms with Gasteiger partial charge in [0.15, 0.2) is 0 Å². The summed E-state index contributed by atoms with van der Waals surface area (Å²) in [6.45, 7) is 2.97. The molecule has 3 amide bonds. The number of halogens is 3. The van der Waals surface area contributed by atoms with Gasteiger partial charge in [0.2, 0.25) is 11.8 Å². The van der Waals surface area contributed by atoms with Gasteiger partial charge in [-0.1, -0.05) is 0 Å². The van der Waals surface area contributed by atoms with Crippen molar-refractivity contribution in [3.63, 3.8) is 0 Å². The van der Waals surface area contributed by atoms with Crippen LogP contribution in [0.1, 0.15) is 28.8 Å². The molecular formula is C18H20F3N3O3. The predicted molar refractivity (Wildman–Crippen MR) is 89.7 cm³/mol. The molecule has 2 aliphatic heterocycles. The van der Waals surface area contributed by atoms with Crippen molar-refractivity contribution in [2.24, 2.45) is 0 Å². The fraction of sp³-hybridized carbons (Fsp3) is 0.500. The van der Waals surface area contributed by atoms with Gasteiger partial charge < -0.3 is 4.90 Å². The van der Waals surface area contributed by atoms with E-state index in [0.717, 1.165) is 12.1 Å². The van der Waals surface area contributed by atoms with Crippen LogP contribution in [0.4, 0.5) is 13.2 Å². The Morgan fingerprint density at radius 1 is 0.889 bits per heavy atom. The van der Waals surface area contributed by atoms with Gasteiger partial charge >= 0.3 is 6.18 Å². The summed E-state index contributed by atoms with van der Waals surface area (Å²) >= 11 is 0. The van der Waals surface area contributed by atoms with E-state index in [2.05, 4.69) is 4.90 Å². The maximum absolute atomic E-state index is 12.6. The Labute approximate surface area is 154 Å². The van der Waals surface area contributed by atoms with Crippen molar-refractivity contribution in [1.82, 2.24) is 14.7 Å². The Balaban J connectivity index is 1.49. The molecule has 27 heavy (non-hydrogen) atoms. The molecule has 0 bridgehead atoms. The van der Waals surface area contributed by atoms with E-state index in [-0.39, 0.29) is 36.1 Å². The number of likely N-dealkylation sites (tertiary alicyclic amines) is 1. The third-order valence-electron chi connectivity index (χ3n) is 4.91. The predicted octanol–water partition coefficient (Wildman–Crippen LogP) is 1.61. The molecule has 9 heteroatoms. The molecule has 0 spiro atoms. The SMILES string of the molecule is O=C(c1ccc(C(F)(F)F)cc1)N1CCN(CCN2C(=O)CCC2=O)CC1. The maximum atomic E-state index is 12.6. The van der Waals surface area contributed by atoms with Crippen molar-refractivity contribution in [3.05, 3.63) is 35.4 Å². The van der Waals surface area contributed by atoms with Crippen LogP contribution >= 0.6 is 0 Å². The molecule has 1 aromatic carbocycles. The van der Waals surface area contributed by atoms with Gasteiger partial charge in [-0.15, -0.1) is 0 Å². The van der Waals surface area contributed by atoms with E-state index < -0.39 is 11.7 Å². The molecule has 2 saturated heterocycles. The zero-order valence-electron chi connectivity index (χ0n) is 14.7. The average molecular weight is 383 g/mol. The lowest BCUT2D eigenvalue weighted by Gasteiger charge is -2.35. The molecule has 0 aromatic heterocycles. The first-order valence-electron chi connectivity index (χ1n) is 8.78. The Morgan fingerprint density at radius 3 is 1.96 bits per heavy atom. The Bertz CT molecular complexity index is 710. The molecule has 0 atom stereocenters. The van der Waals surface area contributed by atoms with Crippen molar-refractivity contribution < 1.29 is 27.6 Å². The number of amides is 3. The topological polar surface area (TPSA) is 60.9 Å². The molecular weight excluding hydrogens is 363 g/mol. The van der Waals surface area contributed by atoms with Crippen LogP contribution in [0, 0.1) is 0 Å². The number of piperazine rings is 1. The van der Waals surface area contributed by atoms with Gasteiger partial charge in [0.1, 0.15) is 0 Å². The van der Waals surface area contributed by atoms with Crippen molar-refractivity contribution >= 4 is 17.7 Å². The van der Waals surface area contributed by atoms with E-state index in [1.165, 1.54) is 17.0 Å². The second-order valence-electron chi connectivity index (χ2n) is 6.65. The Morgan fingerprint density at radius 2 is 1.44 bits per heavy atom. The molecule has 2 fully saturated rings. The third-order valence-corrected chi connectivity index (χ3v) is 4.91. The number of hydrogen-bond donors (Lipinski definition) is 0. The number of imide groups is 1. The largest absolute Gasteiger partial charge is 0.416 e. The van der Waals surface area contributed by atoms with E-state index in [1.807, 2.05) is 0 Å². The minimum Gasteiger partial charge on any atom is -0.336 e. The molecule has 0 radical (unpaired) electrons. The average Bonchev–Trinajstić information content (AvgIpc) is 2.97. The van der Waals surface area contributed by atoms with Crippen LogP contribution in [-0.2, 0) is 15.8 Å². The van der Waals surface area contributed by atoms with E-state index >= 15 is 0 Å². The van der Waals surface area contributed by atoms with Crippen LogP contribution in [0.3, 0.4) is 0 Å². The summed E-state index contributed by atoms with van der Waals surface area (Å²) in [6.07, 6.45) is -3.88. The highest BCUT2D eigenvalue weighted by Gasteiger charge is 2.31. The highest BCUT2D eigenvalue weighted by Crippen LogP contribution is 2.29. The normalized spacial score (nSPS) is 19.1. The van der Waals surface area contributed by atoms with Crippen LogP contribution in [0.5, 0.6) is 0 Å². The van der Waals surface area contributed by atoms with Crippen molar-refractivity contribution in [2.45, 2.75) is 19.0 Å². The monoisotopic (exact) mass is 383 g/mol. The first-order valence-corrected chi connectivity index (χ1v) is 8.78. The second kappa shape index (κ2) is 7.67. The van der Waals surface area contributed by atoms with Gasteiger partial charge in [0.05, 0.1) is 5.56 Å². The number of alkyl halides is 3. The molecule has 0 aliphatic carbocycles. The van der Waals surface area contributed by atoms with Gasteiger partial charge in [-0.2, -0.15) is 13.2 Å². The summed E-state index contributed by atoms with van der Waals surface area (Å²) < 4.78 is 37.8. The second-order valence-corrected chi connectivity index (χ2v) is 6.65. The Hall–Kier alpha value is -2.42. The van der Waals surface area contributed by atoms with Crippen molar-refractivity contribution in [3.8, 4) is 0 Å². The van der Waals surface area contributed by atoms with Crippen LogP contribution < -0.4 is 0 Å². The highest BCUT2D eigenvalue weighted by molar-refractivity contribution is 6.01. The lowest BCUT2D eigenvalue weighted by Crippen LogP contribution is -2.50. The van der Waals surface area contributed by atoms with Gasteiger partial charge in [-0.25, -0.2) is 0 Å². The van der Waals surface area contributed by atoms with Gasteiger partial charge in [-0.3, -0.25) is 24.2 Å². The molecule has 0 N–H and O–H groups in total. The van der Waals surface area contributed by atoms with Crippen molar-refractivity contribution in [2.75, 3.05) is 39.3 Å². The zero-order chi connectivity index (χ0) is 19.6. The fourth-order valence-electron chi connectivity index (χ4n) is 3.27. The third kappa shape index (κ3) is 4.47. The summed E-state index contributed by atoms with van der Waals surface area (Å²) in [5, 5.41) is 0. The quantitative estimate of drug-likeness (QED) is 0.742. The molecule has 146 valence electrons. The zero-order valence-corrected chi connectivity index (χ0v) is 14.7. The summed E-state index contributed by atoms with van der Waals surface area (Å²) in [4.78, 5) is 40.6. The van der Waals surface area contributed by atoms with Crippen LogP contribution in [0.2, 0.25) is 0 Å². The molecule has 1 aromatic rings. The Kier molecular flexibility index (Phi) is 5.50. The molecule has 0 unspecified atom stereocenters. The highest BCUT2D eigenvalue weighted by atomic mass is 19.4. The van der Waals surface area contributed by atoms with Gasteiger partial charge in [-0.05, 0) is 24.3 Å².